The minimum Gasteiger partial charge on any atom is -0.456 e. The van der Waals surface area contributed by atoms with Crippen LogP contribution >= 0.6 is 0 Å². The molecule has 0 N–H and O–H groups in total. The van der Waals surface area contributed by atoms with E-state index < -0.39 is 0 Å². The van der Waals surface area contributed by atoms with Gasteiger partial charge in [0.2, 0.25) is 0 Å². The molecule has 0 unspecified atom stereocenters. The monoisotopic (exact) mass is 752 g/mol. The van der Waals surface area contributed by atoms with E-state index in [0.717, 1.165) is 66.3 Å². The van der Waals surface area contributed by atoms with E-state index in [-0.39, 0.29) is 0 Å². The van der Waals surface area contributed by atoms with Crippen LogP contribution < -0.4 is 0 Å². The zero-order valence-electron chi connectivity index (χ0n) is 31.7. The van der Waals surface area contributed by atoms with Crippen LogP contribution in [0.2, 0.25) is 0 Å². The highest BCUT2D eigenvalue weighted by Crippen LogP contribution is 2.39. The second kappa shape index (κ2) is 14.1. The molecule has 2 aromatic heterocycles. The Labute approximate surface area is 340 Å². The Morgan fingerprint density at radius 1 is 0.356 bits per heavy atom. The van der Waals surface area contributed by atoms with E-state index in [1.165, 1.54) is 27.3 Å². The molecule has 9 aromatic carbocycles. The summed E-state index contributed by atoms with van der Waals surface area (Å²) >= 11 is 0. The molecule has 0 spiro atoms. The molecule has 5 nitrogen and oxygen atoms in total. The zero-order valence-corrected chi connectivity index (χ0v) is 31.7. The van der Waals surface area contributed by atoms with Crippen molar-refractivity contribution in [1.29, 1.82) is 5.26 Å². The third-order valence-corrected chi connectivity index (χ3v) is 11.2. The standard InChI is InChI=1S/C54H32N4O/c55-33-34-8-6-12-41(30-34)37-18-23-40(24-19-37)52-56-53(43-26-28-46-42(31-43)25-22-38-11-4-5-13-45(38)46)58-54(57-52)44-27-29-48-50(32-44)59-49-15-7-14-47(51(48)49)39-20-16-36(17-21-39)35-9-2-1-3-10-35/h1-32H. The molecule has 0 fully saturated rings. The highest BCUT2D eigenvalue weighted by Gasteiger charge is 2.17. The van der Waals surface area contributed by atoms with Gasteiger partial charge in [-0.1, -0.05) is 158 Å². The predicted octanol–water partition coefficient (Wildman–Crippen LogP) is 14.0. The normalized spacial score (nSPS) is 11.4. The number of nitriles is 1. The van der Waals surface area contributed by atoms with Crippen molar-refractivity contribution in [2.75, 3.05) is 0 Å². The summed E-state index contributed by atoms with van der Waals surface area (Å²) < 4.78 is 6.56. The summed E-state index contributed by atoms with van der Waals surface area (Å²) in [6.07, 6.45) is 0. The van der Waals surface area contributed by atoms with Gasteiger partial charge in [-0.15, -0.1) is 0 Å². The highest BCUT2D eigenvalue weighted by molar-refractivity contribution is 6.13. The summed E-state index contributed by atoms with van der Waals surface area (Å²) in [6.45, 7) is 0. The third-order valence-electron chi connectivity index (χ3n) is 11.2. The summed E-state index contributed by atoms with van der Waals surface area (Å²) in [5.74, 6) is 1.69. The number of hydrogen-bond acceptors (Lipinski definition) is 5. The lowest BCUT2D eigenvalue weighted by Gasteiger charge is -2.10. The quantitative estimate of drug-likeness (QED) is 0.158. The first-order chi connectivity index (χ1) is 29.1. The molecule has 2 heterocycles. The fourth-order valence-electron chi connectivity index (χ4n) is 8.17. The third kappa shape index (κ3) is 6.17. The van der Waals surface area contributed by atoms with Gasteiger partial charge in [-0.3, -0.25) is 0 Å². The Balaban J connectivity index is 1.02. The maximum atomic E-state index is 9.46. The number of furan rings is 1. The Hall–Kier alpha value is -8.20. The molecule has 0 atom stereocenters. The highest BCUT2D eigenvalue weighted by atomic mass is 16.3. The number of benzene rings is 9. The molecule has 11 rings (SSSR count). The second-order valence-corrected chi connectivity index (χ2v) is 14.7. The van der Waals surface area contributed by atoms with Gasteiger partial charge in [0.15, 0.2) is 17.5 Å². The minimum absolute atomic E-state index is 0.550. The Morgan fingerprint density at radius 2 is 0.915 bits per heavy atom. The lowest BCUT2D eigenvalue weighted by molar-refractivity contribution is 0.669. The van der Waals surface area contributed by atoms with Crippen LogP contribution in [0.25, 0.3) is 111 Å². The SMILES string of the molecule is N#Cc1cccc(-c2ccc(-c3nc(-c4ccc5c(ccc6ccccc65)c4)nc(-c4ccc5c(c4)oc4cccc(-c6ccc(-c7ccccc7)cc6)c45)n3)cc2)c1. The molecule has 5 heteroatoms. The van der Waals surface area contributed by atoms with E-state index >= 15 is 0 Å². The van der Waals surface area contributed by atoms with Crippen molar-refractivity contribution >= 4 is 43.5 Å². The maximum Gasteiger partial charge on any atom is 0.164 e. The fraction of sp³-hybridized carbons (Fsp3) is 0. The van der Waals surface area contributed by atoms with Gasteiger partial charge in [0.05, 0.1) is 11.6 Å². The topological polar surface area (TPSA) is 75.6 Å². The van der Waals surface area contributed by atoms with Crippen molar-refractivity contribution in [2.24, 2.45) is 0 Å². The molecule has 0 saturated heterocycles. The van der Waals surface area contributed by atoms with Gasteiger partial charge in [0.25, 0.3) is 0 Å². The van der Waals surface area contributed by atoms with E-state index in [2.05, 4.69) is 133 Å². The molecule has 0 aliphatic heterocycles. The second-order valence-electron chi connectivity index (χ2n) is 14.7. The van der Waals surface area contributed by atoms with Crippen LogP contribution in [0.4, 0.5) is 0 Å². The van der Waals surface area contributed by atoms with Crippen molar-refractivity contribution in [1.82, 2.24) is 15.0 Å². The molecule has 0 saturated carbocycles. The van der Waals surface area contributed by atoms with E-state index in [9.17, 15) is 5.26 Å². The van der Waals surface area contributed by atoms with Crippen LogP contribution in [0.3, 0.4) is 0 Å². The average molecular weight is 753 g/mol. The molecule has 0 bridgehead atoms. The maximum absolute atomic E-state index is 9.46. The van der Waals surface area contributed by atoms with Crippen molar-refractivity contribution in [3.63, 3.8) is 0 Å². The summed E-state index contributed by atoms with van der Waals surface area (Å²) in [4.78, 5) is 15.3. The molecule has 59 heavy (non-hydrogen) atoms. The van der Waals surface area contributed by atoms with Crippen LogP contribution in [0.5, 0.6) is 0 Å². The first kappa shape index (κ1) is 34.1. The van der Waals surface area contributed by atoms with Crippen LogP contribution in [0, 0.1) is 11.3 Å². The van der Waals surface area contributed by atoms with Crippen LogP contribution in [0.15, 0.2) is 199 Å². The van der Waals surface area contributed by atoms with Gasteiger partial charge in [0.1, 0.15) is 11.2 Å². The molecule has 0 aliphatic carbocycles. The number of nitrogens with zero attached hydrogens (tertiary/aromatic N) is 4. The van der Waals surface area contributed by atoms with Crippen molar-refractivity contribution in [3.8, 4) is 73.6 Å². The van der Waals surface area contributed by atoms with Gasteiger partial charge in [-0.05, 0) is 91.3 Å². The van der Waals surface area contributed by atoms with Crippen LogP contribution in [0.1, 0.15) is 5.56 Å². The zero-order chi connectivity index (χ0) is 39.3. The number of fused-ring (bicyclic) bond motifs is 6. The lowest BCUT2D eigenvalue weighted by atomic mass is 9.96. The van der Waals surface area contributed by atoms with Gasteiger partial charge in [0, 0.05) is 27.5 Å². The van der Waals surface area contributed by atoms with Crippen molar-refractivity contribution in [3.05, 3.63) is 200 Å². The summed E-state index contributed by atoms with van der Waals surface area (Å²) in [7, 11) is 0. The van der Waals surface area contributed by atoms with Gasteiger partial charge in [-0.25, -0.2) is 15.0 Å². The minimum atomic E-state index is 0.550. The Kier molecular flexibility index (Phi) is 8.13. The first-order valence-electron chi connectivity index (χ1n) is 19.6. The largest absolute Gasteiger partial charge is 0.456 e. The van der Waals surface area contributed by atoms with Crippen molar-refractivity contribution < 1.29 is 4.42 Å². The number of rotatable bonds is 6. The van der Waals surface area contributed by atoms with Gasteiger partial charge >= 0.3 is 0 Å². The number of hydrogen-bond donors (Lipinski definition) is 0. The fourth-order valence-corrected chi connectivity index (χ4v) is 8.17. The molecular formula is C54H32N4O. The average Bonchev–Trinajstić information content (AvgIpc) is 3.70. The summed E-state index contributed by atoms with van der Waals surface area (Å²) in [6, 6.07) is 68.8. The molecule has 0 radical (unpaired) electrons. The predicted molar refractivity (Wildman–Crippen MR) is 239 cm³/mol. The summed E-state index contributed by atoms with van der Waals surface area (Å²) in [5, 5.41) is 16.3. The van der Waals surface area contributed by atoms with E-state index in [0.29, 0.717) is 23.0 Å². The molecule has 11 aromatic rings. The molecule has 0 aliphatic rings. The van der Waals surface area contributed by atoms with Crippen LogP contribution in [-0.4, -0.2) is 15.0 Å². The molecule has 274 valence electrons. The van der Waals surface area contributed by atoms with Gasteiger partial charge < -0.3 is 4.42 Å². The molecule has 0 amide bonds. The smallest absolute Gasteiger partial charge is 0.164 e. The van der Waals surface area contributed by atoms with Gasteiger partial charge in [-0.2, -0.15) is 5.26 Å². The van der Waals surface area contributed by atoms with E-state index in [4.69, 9.17) is 19.4 Å². The Bertz CT molecular complexity index is 3440. The van der Waals surface area contributed by atoms with E-state index in [1.54, 1.807) is 0 Å². The van der Waals surface area contributed by atoms with E-state index in [1.807, 2.05) is 66.7 Å². The van der Waals surface area contributed by atoms with Crippen molar-refractivity contribution in [2.45, 2.75) is 0 Å². The summed E-state index contributed by atoms with van der Waals surface area (Å²) in [5.41, 5.74) is 11.4. The first-order valence-corrected chi connectivity index (χ1v) is 19.6. The Morgan fingerprint density at radius 3 is 1.69 bits per heavy atom. The molecular weight excluding hydrogens is 721 g/mol. The van der Waals surface area contributed by atoms with Crippen LogP contribution in [-0.2, 0) is 0 Å². The lowest BCUT2D eigenvalue weighted by Crippen LogP contribution is -2.00. The number of aromatic nitrogens is 3.